The molecule has 2 N–H and O–H groups in total. The van der Waals surface area contributed by atoms with E-state index < -0.39 is 0 Å². The van der Waals surface area contributed by atoms with Crippen LogP contribution in [0.5, 0.6) is 0 Å². The molecule has 2 atom stereocenters. The van der Waals surface area contributed by atoms with Crippen LogP contribution in [-0.2, 0) is 9.59 Å². The molecule has 2 fully saturated rings. The Kier molecular flexibility index (Phi) is 6.03. The van der Waals surface area contributed by atoms with Gasteiger partial charge in [0.15, 0.2) is 0 Å². The van der Waals surface area contributed by atoms with Gasteiger partial charge >= 0.3 is 0 Å². The van der Waals surface area contributed by atoms with Crippen molar-refractivity contribution in [3.05, 3.63) is 0 Å². The highest BCUT2D eigenvalue weighted by Gasteiger charge is 2.26. The van der Waals surface area contributed by atoms with E-state index in [1.165, 1.54) is 6.42 Å². The molecule has 1 aliphatic carbocycles. The zero-order valence-electron chi connectivity index (χ0n) is 13.4. The third-order valence-electron chi connectivity index (χ3n) is 4.67. The second kappa shape index (κ2) is 7.78. The van der Waals surface area contributed by atoms with Gasteiger partial charge in [0.05, 0.1) is 0 Å². The van der Waals surface area contributed by atoms with Crippen molar-refractivity contribution in [1.29, 1.82) is 0 Å². The van der Waals surface area contributed by atoms with Crippen LogP contribution in [0.1, 0.15) is 52.4 Å². The van der Waals surface area contributed by atoms with Crippen LogP contribution in [-0.4, -0.2) is 48.4 Å². The molecule has 5 heteroatoms. The van der Waals surface area contributed by atoms with Crippen molar-refractivity contribution < 1.29 is 9.59 Å². The molecule has 2 unspecified atom stereocenters. The Balaban J connectivity index is 1.76. The lowest BCUT2D eigenvalue weighted by Gasteiger charge is -2.34. The summed E-state index contributed by atoms with van der Waals surface area (Å²) < 4.78 is 0. The van der Waals surface area contributed by atoms with E-state index in [2.05, 4.69) is 17.6 Å². The van der Waals surface area contributed by atoms with Crippen LogP contribution in [0.15, 0.2) is 0 Å². The van der Waals surface area contributed by atoms with Gasteiger partial charge in [0, 0.05) is 44.1 Å². The standard InChI is InChI=1S/C16H29N3O2/c1-12(18-16(21)14-6-4-3-5-7-14)10-15(20)19-9-8-17-11-13(19)2/h12-14,17H,3-11H2,1-2H3,(H,18,21). The Morgan fingerprint density at radius 1 is 1.29 bits per heavy atom. The molecule has 1 aliphatic heterocycles. The zero-order chi connectivity index (χ0) is 15.2. The maximum absolute atomic E-state index is 12.3. The fraction of sp³-hybridized carbons (Fsp3) is 0.875. The van der Waals surface area contributed by atoms with Gasteiger partial charge in [0.1, 0.15) is 0 Å². The third-order valence-corrected chi connectivity index (χ3v) is 4.67. The molecule has 0 radical (unpaired) electrons. The summed E-state index contributed by atoms with van der Waals surface area (Å²) in [4.78, 5) is 26.4. The molecule has 0 bridgehead atoms. The molecule has 1 saturated heterocycles. The summed E-state index contributed by atoms with van der Waals surface area (Å²) in [5.41, 5.74) is 0. The average Bonchev–Trinajstić information content (AvgIpc) is 2.48. The minimum atomic E-state index is -0.0750. The van der Waals surface area contributed by atoms with Crippen molar-refractivity contribution in [2.24, 2.45) is 5.92 Å². The largest absolute Gasteiger partial charge is 0.353 e. The molecule has 0 aromatic heterocycles. The summed E-state index contributed by atoms with van der Waals surface area (Å²) in [6.07, 6.45) is 5.97. The molecule has 2 amide bonds. The molecule has 2 aliphatic rings. The maximum Gasteiger partial charge on any atom is 0.224 e. The summed E-state index contributed by atoms with van der Waals surface area (Å²) in [5, 5.41) is 6.32. The average molecular weight is 295 g/mol. The highest BCUT2D eigenvalue weighted by molar-refractivity contribution is 5.81. The second-order valence-corrected chi connectivity index (χ2v) is 6.59. The third kappa shape index (κ3) is 4.70. The normalized spacial score (nSPS) is 25.4. The summed E-state index contributed by atoms with van der Waals surface area (Å²) in [6, 6.07) is 0.168. The van der Waals surface area contributed by atoms with Gasteiger partial charge in [0.2, 0.25) is 11.8 Å². The van der Waals surface area contributed by atoms with Gasteiger partial charge in [-0.25, -0.2) is 0 Å². The minimum Gasteiger partial charge on any atom is -0.353 e. The molecule has 21 heavy (non-hydrogen) atoms. The summed E-state index contributed by atoms with van der Waals surface area (Å²) in [5.74, 6) is 0.457. The number of hydrogen-bond donors (Lipinski definition) is 2. The van der Waals surface area contributed by atoms with Crippen molar-refractivity contribution in [3.8, 4) is 0 Å². The Hall–Kier alpha value is -1.10. The molecule has 1 saturated carbocycles. The molecule has 0 aromatic rings. The molecule has 0 aromatic carbocycles. The van der Waals surface area contributed by atoms with Crippen molar-refractivity contribution in [2.75, 3.05) is 19.6 Å². The number of carbonyl (C=O) groups excluding carboxylic acids is 2. The smallest absolute Gasteiger partial charge is 0.224 e. The lowest BCUT2D eigenvalue weighted by molar-refractivity contribution is -0.134. The lowest BCUT2D eigenvalue weighted by atomic mass is 9.88. The van der Waals surface area contributed by atoms with E-state index in [4.69, 9.17) is 0 Å². The fourth-order valence-corrected chi connectivity index (χ4v) is 3.37. The second-order valence-electron chi connectivity index (χ2n) is 6.59. The highest BCUT2D eigenvalue weighted by atomic mass is 16.2. The zero-order valence-corrected chi connectivity index (χ0v) is 13.4. The van der Waals surface area contributed by atoms with Crippen LogP contribution >= 0.6 is 0 Å². The number of carbonyl (C=O) groups is 2. The molecule has 2 rings (SSSR count). The number of nitrogens with zero attached hydrogens (tertiary/aromatic N) is 1. The van der Waals surface area contributed by atoms with Crippen molar-refractivity contribution in [3.63, 3.8) is 0 Å². The van der Waals surface area contributed by atoms with E-state index in [1.807, 2.05) is 11.8 Å². The Labute approximate surface area is 127 Å². The van der Waals surface area contributed by atoms with Crippen LogP contribution in [0.25, 0.3) is 0 Å². The molecule has 5 nitrogen and oxygen atoms in total. The van der Waals surface area contributed by atoms with Crippen LogP contribution in [0, 0.1) is 5.92 Å². The Bertz CT molecular complexity index is 367. The predicted octanol–water partition coefficient (Wildman–Crippen LogP) is 1.28. The van der Waals surface area contributed by atoms with E-state index in [0.29, 0.717) is 6.42 Å². The van der Waals surface area contributed by atoms with Gasteiger partial charge in [-0.05, 0) is 26.7 Å². The monoisotopic (exact) mass is 295 g/mol. The first-order chi connectivity index (χ1) is 10.1. The Morgan fingerprint density at radius 3 is 2.67 bits per heavy atom. The van der Waals surface area contributed by atoms with E-state index in [9.17, 15) is 9.59 Å². The molecule has 1 heterocycles. The molecule has 0 spiro atoms. The van der Waals surface area contributed by atoms with Crippen LogP contribution < -0.4 is 10.6 Å². The number of hydrogen-bond acceptors (Lipinski definition) is 3. The number of amides is 2. The highest BCUT2D eigenvalue weighted by Crippen LogP contribution is 2.23. The summed E-state index contributed by atoms with van der Waals surface area (Å²) in [7, 11) is 0. The number of rotatable bonds is 4. The van der Waals surface area contributed by atoms with Gasteiger partial charge in [-0.2, -0.15) is 0 Å². The van der Waals surface area contributed by atoms with Crippen molar-refractivity contribution >= 4 is 11.8 Å². The van der Waals surface area contributed by atoms with Gasteiger partial charge in [-0.1, -0.05) is 19.3 Å². The van der Waals surface area contributed by atoms with Crippen LogP contribution in [0.4, 0.5) is 0 Å². The first-order valence-corrected chi connectivity index (χ1v) is 8.38. The van der Waals surface area contributed by atoms with Gasteiger partial charge in [0.25, 0.3) is 0 Å². The van der Waals surface area contributed by atoms with Crippen molar-refractivity contribution in [1.82, 2.24) is 15.5 Å². The van der Waals surface area contributed by atoms with Crippen LogP contribution in [0.3, 0.4) is 0 Å². The molecular formula is C16H29N3O2. The van der Waals surface area contributed by atoms with Crippen molar-refractivity contribution in [2.45, 2.75) is 64.5 Å². The maximum atomic E-state index is 12.3. The molecular weight excluding hydrogens is 266 g/mol. The Morgan fingerprint density at radius 2 is 2.00 bits per heavy atom. The first kappa shape index (κ1) is 16.3. The van der Waals surface area contributed by atoms with Gasteiger partial charge in [-0.3, -0.25) is 9.59 Å². The SMILES string of the molecule is CC(CC(=O)N1CCNCC1C)NC(=O)C1CCCCC1. The minimum absolute atomic E-state index is 0.0750. The lowest BCUT2D eigenvalue weighted by Crippen LogP contribution is -2.53. The topological polar surface area (TPSA) is 61.4 Å². The summed E-state index contributed by atoms with van der Waals surface area (Å²) in [6.45, 7) is 6.48. The van der Waals surface area contributed by atoms with Crippen LogP contribution in [0.2, 0.25) is 0 Å². The summed E-state index contributed by atoms with van der Waals surface area (Å²) >= 11 is 0. The number of nitrogens with one attached hydrogen (secondary N) is 2. The van der Waals surface area contributed by atoms with E-state index in [0.717, 1.165) is 45.3 Å². The van der Waals surface area contributed by atoms with E-state index >= 15 is 0 Å². The first-order valence-electron chi connectivity index (χ1n) is 8.38. The van der Waals surface area contributed by atoms with Gasteiger partial charge < -0.3 is 15.5 Å². The quantitative estimate of drug-likeness (QED) is 0.821. The molecule has 120 valence electrons. The van der Waals surface area contributed by atoms with Gasteiger partial charge in [-0.15, -0.1) is 0 Å². The van der Waals surface area contributed by atoms with E-state index in [-0.39, 0.29) is 29.8 Å². The predicted molar refractivity (Wildman–Crippen MR) is 82.8 cm³/mol. The number of piperazine rings is 1. The fourth-order valence-electron chi connectivity index (χ4n) is 3.37. The van der Waals surface area contributed by atoms with E-state index in [1.54, 1.807) is 0 Å².